The molecule has 7 rings (SSSR count). The number of ether oxygens (including phenoxy) is 5. The van der Waals surface area contributed by atoms with Crippen LogP contribution in [0.2, 0.25) is 0 Å². The van der Waals surface area contributed by atoms with Gasteiger partial charge in [0, 0.05) is 29.2 Å². The predicted octanol–water partition coefficient (Wildman–Crippen LogP) is 8.66. The Bertz CT molecular complexity index is 2220. The van der Waals surface area contributed by atoms with Crippen LogP contribution in [-0.2, 0) is 14.2 Å². The minimum atomic E-state index is -0.865. The zero-order valence-electron chi connectivity index (χ0n) is 28.6. The maximum atomic E-state index is 14.2. The van der Waals surface area contributed by atoms with Crippen LogP contribution in [0.5, 0.6) is 11.5 Å². The number of esters is 3. The second-order valence-corrected chi connectivity index (χ2v) is 13.5. The summed E-state index contributed by atoms with van der Waals surface area (Å²) in [5, 5.41) is 0.931. The van der Waals surface area contributed by atoms with Gasteiger partial charge in [0.1, 0.15) is 24.2 Å². The molecule has 0 saturated carbocycles. The molecular formula is C43H34O9S. The first-order valence-electron chi connectivity index (χ1n) is 17.0. The molecule has 0 unspecified atom stereocenters. The third-order valence-corrected chi connectivity index (χ3v) is 9.95. The van der Waals surface area contributed by atoms with Crippen molar-refractivity contribution in [2.24, 2.45) is 0 Å². The summed E-state index contributed by atoms with van der Waals surface area (Å²) in [5.74, 6) is -1.68. The number of carbonyl (C=O) groups is 4. The summed E-state index contributed by atoms with van der Waals surface area (Å²) in [4.78, 5) is 54.3. The van der Waals surface area contributed by atoms with Gasteiger partial charge in [0.15, 0.2) is 0 Å². The molecule has 2 heterocycles. The fraction of sp³-hybridized carbons (Fsp3) is 0.163. The monoisotopic (exact) mass is 726 g/mol. The van der Waals surface area contributed by atoms with Crippen molar-refractivity contribution < 1.29 is 42.9 Å². The second-order valence-electron chi connectivity index (χ2n) is 12.4. The fourth-order valence-electron chi connectivity index (χ4n) is 6.22. The van der Waals surface area contributed by atoms with E-state index in [1.807, 2.05) is 30.3 Å². The Kier molecular flexibility index (Phi) is 10.7. The number of methoxy groups -OCH3 is 1. The minimum Gasteiger partial charge on any atom is -0.496 e. The van der Waals surface area contributed by atoms with Gasteiger partial charge in [-0.2, -0.15) is 0 Å². The van der Waals surface area contributed by atoms with Crippen molar-refractivity contribution in [2.75, 3.05) is 13.7 Å². The van der Waals surface area contributed by atoms with Crippen molar-refractivity contribution in [1.29, 1.82) is 0 Å². The van der Waals surface area contributed by atoms with Crippen molar-refractivity contribution in [3.05, 3.63) is 166 Å². The van der Waals surface area contributed by atoms with Crippen molar-refractivity contribution in [3.63, 3.8) is 0 Å². The van der Waals surface area contributed by atoms with Crippen molar-refractivity contribution in [2.45, 2.75) is 31.2 Å². The SMILES string of the molecule is COc1cc(OC(=O)c2ccccc2)c([C@H]2C[C@@H](OC(=O)c3ccccc3)C[C@@H](COC(=O)c3ccccc3)O2)cc1C(=O)c1cc2ccccc2s1. The van der Waals surface area contributed by atoms with Gasteiger partial charge in [-0.3, -0.25) is 4.79 Å². The molecule has 1 saturated heterocycles. The number of hydrogen-bond donors (Lipinski definition) is 0. The first-order valence-corrected chi connectivity index (χ1v) is 17.8. The van der Waals surface area contributed by atoms with Gasteiger partial charge < -0.3 is 23.7 Å². The van der Waals surface area contributed by atoms with Crippen LogP contribution in [0.15, 0.2) is 133 Å². The van der Waals surface area contributed by atoms with Gasteiger partial charge in [-0.25, -0.2) is 14.4 Å². The highest BCUT2D eigenvalue weighted by atomic mass is 32.1. The van der Waals surface area contributed by atoms with Gasteiger partial charge in [-0.15, -0.1) is 11.3 Å². The highest BCUT2D eigenvalue weighted by Crippen LogP contribution is 2.42. The van der Waals surface area contributed by atoms with E-state index < -0.39 is 36.2 Å². The lowest BCUT2D eigenvalue weighted by Gasteiger charge is -2.35. The van der Waals surface area contributed by atoms with Gasteiger partial charge in [0.05, 0.1) is 46.4 Å². The summed E-state index contributed by atoms with van der Waals surface area (Å²) in [6, 6.07) is 38.3. The molecule has 0 amide bonds. The molecule has 9 nitrogen and oxygen atoms in total. The molecule has 0 radical (unpaired) electrons. The van der Waals surface area contributed by atoms with E-state index in [1.54, 1.807) is 97.1 Å². The molecule has 5 aromatic carbocycles. The molecule has 0 spiro atoms. The molecule has 53 heavy (non-hydrogen) atoms. The molecule has 1 fully saturated rings. The highest BCUT2D eigenvalue weighted by molar-refractivity contribution is 7.21. The van der Waals surface area contributed by atoms with E-state index in [-0.39, 0.29) is 42.3 Å². The molecule has 0 N–H and O–H groups in total. The van der Waals surface area contributed by atoms with E-state index >= 15 is 0 Å². The van der Waals surface area contributed by atoms with E-state index in [2.05, 4.69) is 0 Å². The largest absolute Gasteiger partial charge is 0.496 e. The summed E-state index contributed by atoms with van der Waals surface area (Å²) in [6.07, 6.45) is -1.91. The number of ketones is 1. The van der Waals surface area contributed by atoms with Crippen molar-refractivity contribution in [3.8, 4) is 11.5 Å². The van der Waals surface area contributed by atoms with Crippen molar-refractivity contribution >= 4 is 45.1 Å². The first-order chi connectivity index (χ1) is 25.9. The molecule has 266 valence electrons. The van der Waals surface area contributed by atoms with Gasteiger partial charge in [-0.1, -0.05) is 72.8 Å². The molecule has 3 atom stereocenters. The minimum absolute atomic E-state index is 0.101. The third kappa shape index (κ3) is 8.19. The molecule has 0 aliphatic carbocycles. The van der Waals surface area contributed by atoms with Gasteiger partial charge >= 0.3 is 17.9 Å². The van der Waals surface area contributed by atoms with E-state index in [0.29, 0.717) is 27.1 Å². The number of rotatable bonds is 11. The Labute approximate surface area is 309 Å². The molecular weight excluding hydrogens is 693 g/mol. The van der Waals surface area contributed by atoms with E-state index in [0.717, 1.165) is 10.1 Å². The summed E-state index contributed by atoms with van der Waals surface area (Å²) >= 11 is 1.36. The van der Waals surface area contributed by atoms with Gasteiger partial charge in [-0.05, 0) is 60.0 Å². The van der Waals surface area contributed by atoms with E-state index in [1.165, 1.54) is 24.5 Å². The Balaban J connectivity index is 1.26. The normalized spacial score (nSPS) is 16.7. The third-order valence-electron chi connectivity index (χ3n) is 8.84. The van der Waals surface area contributed by atoms with Crippen LogP contribution in [-0.4, -0.2) is 49.6 Å². The maximum absolute atomic E-state index is 14.2. The van der Waals surface area contributed by atoms with Crippen LogP contribution in [0.4, 0.5) is 0 Å². The van der Waals surface area contributed by atoms with Gasteiger partial charge in [0.25, 0.3) is 0 Å². The smallest absolute Gasteiger partial charge is 0.343 e. The number of carbonyl (C=O) groups excluding carboxylic acids is 4. The van der Waals surface area contributed by atoms with Gasteiger partial charge in [0.2, 0.25) is 5.78 Å². The van der Waals surface area contributed by atoms with Crippen LogP contribution < -0.4 is 9.47 Å². The average Bonchev–Trinajstić information content (AvgIpc) is 3.65. The van der Waals surface area contributed by atoms with Crippen LogP contribution in [0.1, 0.15) is 70.8 Å². The standard InChI is InChI=1S/C43H34O9S/c1-48-35-25-37(52-43(47)29-17-9-4-10-18-29)33(24-34(35)40(44)39-21-30-19-11-12-20-38(30)53-39)36-23-31(51-42(46)28-15-7-3-8-16-28)22-32(50-36)26-49-41(45)27-13-5-2-6-14-27/h2-21,24-25,31-32,36H,22-23,26H2,1H3/t31-,32-,36+/m0/s1. The molecule has 0 bridgehead atoms. The molecule has 10 heteroatoms. The first kappa shape index (κ1) is 35.3. The summed E-state index contributed by atoms with van der Waals surface area (Å²) in [7, 11) is 1.44. The molecule has 1 aromatic heterocycles. The summed E-state index contributed by atoms with van der Waals surface area (Å²) < 4.78 is 30.9. The molecule has 6 aromatic rings. The van der Waals surface area contributed by atoms with E-state index in [9.17, 15) is 19.2 Å². The Morgan fingerprint density at radius 2 is 1.28 bits per heavy atom. The van der Waals surface area contributed by atoms with Crippen LogP contribution in [0.25, 0.3) is 10.1 Å². The lowest BCUT2D eigenvalue weighted by atomic mass is 9.93. The predicted molar refractivity (Wildman–Crippen MR) is 199 cm³/mol. The number of thiophene rings is 1. The summed E-state index contributed by atoms with van der Waals surface area (Å²) in [5.41, 5.74) is 1.65. The van der Waals surface area contributed by atoms with Crippen LogP contribution in [0, 0.1) is 0 Å². The number of benzene rings is 5. The van der Waals surface area contributed by atoms with Crippen molar-refractivity contribution in [1.82, 2.24) is 0 Å². The Morgan fingerprint density at radius 1 is 0.679 bits per heavy atom. The Hall–Kier alpha value is -6.10. The number of fused-ring (bicyclic) bond motifs is 1. The molecule has 1 aliphatic rings. The van der Waals surface area contributed by atoms with E-state index in [4.69, 9.17) is 23.7 Å². The Morgan fingerprint density at radius 3 is 1.92 bits per heavy atom. The van der Waals surface area contributed by atoms with Crippen LogP contribution in [0.3, 0.4) is 0 Å². The quantitative estimate of drug-likeness (QED) is 0.0735. The molecule has 1 aliphatic heterocycles. The zero-order valence-corrected chi connectivity index (χ0v) is 29.5. The lowest BCUT2D eigenvalue weighted by Crippen LogP contribution is -2.37. The topological polar surface area (TPSA) is 114 Å². The second kappa shape index (κ2) is 16.1. The zero-order chi connectivity index (χ0) is 36.7. The summed E-state index contributed by atoms with van der Waals surface area (Å²) in [6.45, 7) is -0.146. The highest BCUT2D eigenvalue weighted by Gasteiger charge is 2.37. The average molecular weight is 727 g/mol. The fourth-order valence-corrected chi connectivity index (χ4v) is 7.24. The lowest BCUT2D eigenvalue weighted by molar-refractivity contribution is -0.119. The maximum Gasteiger partial charge on any atom is 0.343 e. The number of hydrogen-bond acceptors (Lipinski definition) is 10. The van der Waals surface area contributed by atoms with Crippen LogP contribution >= 0.6 is 11.3 Å².